The number of benzene rings is 1. The Morgan fingerprint density at radius 1 is 1.40 bits per heavy atom. The lowest BCUT2D eigenvalue weighted by atomic mass is 10.2. The number of methoxy groups -OCH3 is 1. The molecule has 1 unspecified atom stereocenters. The number of amides is 1. The second-order valence-electron chi connectivity index (χ2n) is 5.10. The molecule has 1 aromatic carbocycles. The maximum Gasteiger partial charge on any atom is 0.268 e. The van der Waals surface area contributed by atoms with Gasteiger partial charge in [0.15, 0.2) is 0 Å². The van der Waals surface area contributed by atoms with E-state index in [1.807, 2.05) is 35.9 Å². The summed E-state index contributed by atoms with van der Waals surface area (Å²) >= 11 is 0. The molecule has 0 saturated heterocycles. The molecule has 1 N–H and O–H groups in total. The molecule has 0 aliphatic heterocycles. The van der Waals surface area contributed by atoms with Crippen molar-refractivity contribution in [3.05, 3.63) is 42.1 Å². The van der Waals surface area contributed by atoms with E-state index in [4.69, 9.17) is 4.74 Å². The van der Waals surface area contributed by atoms with Gasteiger partial charge in [-0.1, -0.05) is 12.2 Å². The molecule has 20 heavy (non-hydrogen) atoms. The number of hydrogen-bond donors (Lipinski definition) is 1. The molecule has 3 rings (SSSR count). The summed E-state index contributed by atoms with van der Waals surface area (Å²) in [5.74, 6) is 0.771. The zero-order valence-corrected chi connectivity index (χ0v) is 11.7. The van der Waals surface area contributed by atoms with E-state index < -0.39 is 0 Å². The summed E-state index contributed by atoms with van der Waals surface area (Å²) < 4.78 is 7.14. The van der Waals surface area contributed by atoms with E-state index in [-0.39, 0.29) is 11.9 Å². The van der Waals surface area contributed by atoms with Gasteiger partial charge in [-0.15, -0.1) is 0 Å². The second-order valence-corrected chi connectivity index (χ2v) is 5.10. The van der Waals surface area contributed by atoms with E-state index in [0.29, 0.717) is 5.69 Å². The fourth-order valence-corrected chi connectivity index (χ4v) is 2.67. The lowest BCUT2D eigenvalue weighted by Crippen LogP contribution is -2.33. The van der Waals surface area contributed by atoms with Gasteiger partial charge < -0.3 is 14.6 Å². The van der Waals surface area contributed by atoms with Crippen molar-refractivity contribution in [1.29, 1.82) is 0 Å². The van der Waals surface area contributed by atoms with Crippen molar-refractivity contribution in [3.8, 4) is 5.75 Å². The average Bonchev–Trinajstić information content (AvgIpc) is 3.06. The Kier molecular flexibility index (Phi) is 3.22. The molecule has 0 spiro atoms. The highest BCUT2D eigenvalue weighted by molar-refractivity contribution is 5.99. The number of carbonyl (C=O) groups is 1. The molecular weight excluding hydrogens is 252 g/mol. The molecule has 0 saturated carbocycles. The third kappa shape index (κ3) is 2.18. The van der Waals surface area contributed by atoms with Crippen LogP contribution in [-0.2, 0) is 7.05 Å². The van der Waals surface area contributed by atoms with Gasteiger partial charge in [-0.25, -0.2) is 0 Å². The Bertz CT molecular complexity index is 685. The van der Waals surface area contributed by atoms with E-state index in [1.165, 1.54) is 0 Å². The largest absolute Gasteiger partial charge is 0.497 e. The third-order valence-electron chi connectivity index (χ3n) is 3.81. The first-order valence-electron chi connectivity index (χ1n) is 6.80. The molecule has 2 aromatic rings. The maximum atomic E-state index is 12.3. The molecule has 104 valence electrons. The number of fused-ring (bicyclic) bond motifs is 1. The van der Waals surface area contributed by atoms with Crippen LogP contribution >= 0.6 is 0 Å². The van der Waals surface area contributed by atoms with Crippen molar-refractivity contribution in [2.75, 3.05) is 7.11 Å². The van der Waals surface area contributed by atoms with Gasteiger partial charge in [-0.05, 0) is 37.1 Å². The number of allylic oxidation sites excluding steroid dienone is 1. The van der Waals surface area contributed by atoms with Crippen LogP contribution in [0.25, 0.3) is 10.9 Å². The summed E-state index contributed by atoms with van der Waals surface area (Å²) in [6.07, 6.45) is 6.20. The smallest absolute Gasteiger partial charge is 0.268 e. The number of rotatable bonds is 3. The topological polar surface area (TPSA) is 43.3 Å². The Morgan fingerprint density at radius 3 is 2.95 bits per heavy atom. The zero-order valence-electron chi connectivity index (χ0n) is 11.7. The van der Waals surface area contributed by atoms with Crippen molar-refractivity contribution in [3.63, 3.8) is 0 Å². The SMILES string of the molecule is COc1ccc2c(c1)cc(C(=O)NC1C=CCC1)n2C. The molecule has 0 radical (unpaired) electrons. The van der Waals surface area contributed by atoms with E-state index in [9.17, 15) is 4.79 Å². The summed E-state index contributed by atoms with van der Waals surface area (Å²) in [6, 6.07) is 7.90. The lowest BCUT2D eigenvalue weighted by Gasteiger charge is -2.11. The molecule has 1 amide bonds. The van der Waals surface area contributed by atoms with Crippen molar-refractivity contribution in [2.45, 2.75) is 18.9 Å². The molecule has 1 aliphatic rings. The highest BCUT2D eigenvalue weighted by Crippen LogP contribution is 2.24. The maximum absolute atomic E-state index is 12.3. The van der Waals surface area contributed by atoms with Gasteiger partial charge in [0.1, 0.15) is 11.4 Å². The number of nitrogens with zero attached hydrogens (tertiary/aromatic N) is 1. The summed E-state index contributed by atoms with van der Waals surface area (Å²) in [5, 5.41) is 4.06. The predicted molar refractivity (Wildman–Crippen MR) is 79.1 cm³/mol. The molecule has 1 heterocycles. The summed E-state index contributed by atoms with van der Waals surface area (Å²) in [5.41, 5.74) is 1.70. The van der Waals surface area contributed by atoms with Gasteiger partial charge in [0.2, 0.25) is 0 Å². The highest BCUT2D eigenvalue weighted by atomic mass is 16.5. The van der Waals surface area contributed by atoms with E-state index in [1.54, 1.807) is 7.11 Å². The van der Waals surface area contributed by atoms with Gasteiger partial charge in [0.05, 0.1) is 7.11 Å². The van der Waals surface area contributed by atoms with E-state index in [2.05, 4.69) is 17.5 Å². The first kappa shape index (κ1) is 12.8. The van der Waals surface area contributed by atoms with Gasteiger partial charge in [-0.3, -0.25) is 4.79 Å². The first-order valence-corrected chi connectivity index (χ1v) is 6.80. The summed E-state index contributed by atoms with van der Waals surface area (Å²) in [7, 11) is 3.55. The number of nitrogens with one attached hydrogen (secondary N) is 1. The summed E-state index contributed by atoms with van der Waals surface area (Å²) in [4.78, 5) is 12.3. The fourth-order valence-electron chi connectivity index (χ4n) is 2.67. The quantitative estimate of drug-likeness (QED) is 0.871. The molecule has 1 atom stereocenters. The summed E-state index contributed by atoms with van der Waals surface area (Å²) in [6.45, 7) is 0. The van der Waals surface area contributed by atoms with E-state index >= 15 is 0 Å². The van der Waals surface area contributed by atoms with Crippen LogP contribution in [-0.4, -0.2) is 23.6 Å². The molecule has 1 aromatic heterocycles. The lowest BCUT2D eigenvalue weighted by molar-refractivity contribution is 0.0936. The monoisotopic (exact) mass is 270 g/mol. The van der Waals surface area contributed by atoms with Crippen LogP contribution < -0.4 is 10.1 Å². The van der Waals surface area contributed by atoms with Crippen LogP contribution in [0, 0.1) is 0 Å². The molecule has 4 nitrogen and oxygen atoms in total. The van der Waals surface area contributed by atoms with Gasteiger partial charge in [0, 0.05) is 24.0 Å². The van der Waals surface area contributed by atoms with Crippen LogP contribution in [0.5, 0.6) is 5.75 Å². The number of ether oxygens (including phenoxy) is 1. The van der Waals surface area contributed by atoms with Crippen LogP contribution in [0.1, 0.15) is 23.3 Å². The number of carbonyl (C=O) groups excluding carboxylic acids is 1. The van der Waals surface area contributed by atoms with Gasteiger partial charge >= 0.3 is 0 Å². The molecule has 4 heteroatoms. The van der Waals surface area contributed by atoms with Crippen molar-refractivity contribution < 1.29 is 9.53 Å². The second kappa shape index (κ2) is 5.04. The van der Waals surface area contributed by atoms with Crippen LogP contribution in [0.15, 0.2) is 36.4 Å². The zero-order chi connectivity index (χ0) is 14.1. The Labute approximate surface area is 118 Å². The Morgan fingerprint density at radius 2 is 2.25 bits per heavy atom. The Hall–Kier alpha value is -2.23. The molecule has 0 fully saturated rings. The number of aryl methyl sites for hydroxylation is 1. The van der Waals surface area contributed by atoms with Crippen LogP contribution in [0.3, 0.4) is 0 Å². The minimum Gasteiger partial charge on any atom is -0.497 e. The van der Waals surface area contributed by atoms with Crippen molar-refractivity contribution >= 4 is 16.8 Å². The van der Waals surface area contributed by atoms with Crippen molar-refractivity contribution in [2.24, 2.45) is 7.05 Å². The van der Waals surface area contributed by atoms with E-state index in [0.717, 1.165) is 29.5 Å². The van der Waals surface area contributed by atoms with Crippen LogP contribution in [0.2, 0.25) is 0 Å². The van der Waals surface area contributed by atoms with Gasteiger partial charge in [0.25, 0.3) is 5.91 Å². The number of hydrogen-bond acceptors (Lipinski definition) is 2. The predicted octanol–water partition coefficient (Wildman–Crippen LogP) is 2.64. The molecule has 1 aliphatic carbocycles. The van der Waals surface area contributed by atoms with Gasteiger partial charge in [-0.2, -0.15) is 0 Å². The fraction of sp³-hybridized carbons (Fsp3) is 0.312. The van der Waals surface area contributed by atoms with Crippen molar-refractivity contribution in [1.82, 2.24) is 9.88 Å². The minimum absolute atomic E-state index is 0.0285. The number of aromatic nitrogens is 1. The highest BCUT2D eigenvalue weighted by Gasteiger charge is 2.17. The normalized spacial score (nSPS) is 17.6. The third-order valence-corrected chi connectivity index (χ3v) is 3.81. The first-order chi connectivity index (χ1) is 9.69. The molecule has 0 bridgehead atoms. The average molecular weight is 270 g/mol. The Balaban J connectivity index is 1.92. The standard InChI is InChI=1S/C16H18N2O2/c1-18-14-8-7-13(20-2)9-11(14)10-15(18)16(19)17-12-5-3-4-6-12/h3,5,7-10,12H,4,6H2,1-2H3,(H,17,19). The minimum atomic E-state index is -0.0285. The molecular formula is C16H18N2O2. The van der Waals surface area contributed by atoms with Crippen LogP contribution in [0.4, 0.5) is 0 Å².